The molecule has 1 saturated carbocycles. The topological polar surface area (TPSA) is 99.6 Å². The van der Waals surface area contributed by atoms with Crippen LogP contribution in [0.3, 0.4) is 0 Å². The van der Waals surface area contributed by atoms with Crippen LogP contribution in [0.1, 0.15) is 62.1 Å². The molecule has 3 N–H and O–H groups in total. The molecule has 0 unspecified atom stereocenters. The summed E-state index contributed by atoms with van der Waals surface area (Å²) in [5.74, 6) is 2.54. The molecule has 0 amide bonds. The van der Waals surface area contributed by atoms with Crippen molar-refractivity contribution in [3.8, 4) is 22.5 Å². The largest absolute Gasteiger partial charge is 0.456 e. The first-order valence-corrected chi connectivity index (χ1v) is 12.6. The predicted molar refractivity (Wildman–Crippen MR) is 136 cm³/mol. The highest BCUT2D eigenvalue weighted by atomic mass is 16.3. The molecule has 35 heavy (non-hydrogen) atoms. The van der Waals surface area contributed by atoms with Crippen molar-refractivity contribution in [2.75, 3.05) is 6.54 Å². The van der Waals surface area contributed by atoms with Gasteiger partial charge in [-0.15, -0.1) is 0 Å². The van der Waals surface area contributed by atoms with Crippen molar-refractivity contribution in [3.63, 3.8) is 0 Å². The van der Waals surface area contributed by atoms with Gasteiger partial charge >= 0.3 is 0 Å². The van der Waals surface area contributed by atoms with E-state index in [1.165, 1.54) is 32.1 Å². The maximum Gasteiger partial charge on any atom is 0.200 e. The van der Waals surface area contributed by atoms with E-state index in [1.54, 1.807) is 0 Å². The zero-order valence-corrected chi connectivity index (χ0v) is 19.4. The fourth-order valence-electron chi connectivity index (χ4n) is 5.66. The lowest BCUT2D eigenvalue weighted by molar-refractivity contribution is 0.613. The number of H-pyrrole nitrogens is 2. The number of hydrogen-bond acceptors (Lipinski definition) is 5. The number of nitrogens with zero attached hydrogens (tertiary/aromatic N) is 2. The van der Waals surface area contributed by atoms with Crippen LogP contribution in [0, 0.1) is 0 Å². The van der Waals surface area contributed by atoms with E-state index in [0.717, 1.165) is 47.1 Å². The Bertz CT molecular complexity index is 1600. The second kappa shape index (κ2) is 8.20. The molecule has 7 heteroatoms. The Balaban J connectivity index is 1.25. The summed E-state index contributed by atoms with van der Waals surface area (Å²) in [6, 6.07) is 11.8. The van der Waals surface area contributed by atoms with Crippen LogP contribution in [-0.4, -0.2) is 26.5 Å². The number of rotatable bonds is 4. The molecule has 2 aliphatic rings. The van der Waals surface area contributed by atoms with Gasteiger partial charge in [0.15, 0.2) is 0 Å². The van der Waals surface area contributed by atoms with Gasteiger partial charge in [0.05, 0.1) is 40.6 Å². The summed E-state index contributed by atoms with van der Waals surface area (Å²) in [4.78, 5) is 29.5. The third-order valence-corrected chi connectivity index (χ3v) is 7.62. The quantitative estimate of drug-likeness (QED) is 0.291. The molecule has 0 radical (unpaired) electrons. The predicted octanol–water partition coefficient (Wildman–Crippen LogP) is 5.81. The zero-order valence-electron chi connectivity index (χ0n) is 19.4. The zero-order chi connectivity index (χ0) is 23.4. The van der Waals surface area contributed by atoms with Gasteiger partial charge in [-0.3, -0.25) is 4.79 Å². The van der Waals surface area contributed by atoms with Gasteiger partial charge in [-0.25, -0.2) is 9.97 Å². The number of fused-ring (bicyclic) bond motifs is 2. The molecular weight excluding hydrogens is 438 g/mol. The minimum atomic E-state index is -0.0226. The highest BCUT2D eigenvalue weighted by Gasteiger charge is 2.21. The molecule has 0 bridgehead atoms. The highest BCUT2D eigenvalue weighted by Crippen LogP contribution is 2.34. The minimum absolute atomic E-state index is 0.0226. The molecule has 2 fully saturated rings. The van der Waals surface area contributed by atoms with Gasteiger partial charge in [0.1, 0.15) is 22.8 Å². The molecule has 1 saturated heterocycles. The number of hydrogen-bond donors (Lipinski definition) is 3. The van der Waals surface area contributed by atoms with E-state index in [9.17, 15) is 4.79 Å². The molecule has 1 atom stereocenters. The van der Waals surface area contributed by atoms with Crippen LogP contribution in [0.2, 0.25) is 0 Å². The molecular formula is C28H27N5O2. The maximum absolute atomic E-state index is 13.4. The molecule has 5 aromatic rings. The molecule has 1 aliphatic heterocycles. The second-order valence-corrected chi connectivity index (χ2v) is 9.85. The Morgan fingerprint density at radius 2 is 1.51 bits per heavy atom. The Hall–Kier alpha value is -3.71. The summed E-state index contributed by atoms with van der Waals surface area (Å²) >= 11 is 0. The number of aromatic amines is 2. The van der Waals surface area contributed by atoms with E-state index < -0.39 is 0 Å². The van der Waals surface area contributed by atoms with E-state index in [2.05, 4.69) is 25.3 Å². The van der Waals surface area contributed by atoms with Gasteiger partial charge in [-0.05, 0) is 62.6 Å². The molecule has 4 heterocycles. The molecule has 7 nitrogen and oxygen atoms in total. The van der Waals surface area contributed by atoms with Crippen molar-refractivity contribution < 1.29 is 4.42 Å². The Labute approximate surface area is 202 Å². The lowest BCUT2D eigenvalue weighted by atomic mass is 10.1. The molecule has 0 spiro atoms. The summed E-state index contributed by atoms with van der Waals surface area (Å²) in [6.07, 6.45) is 10.9. The van der Waals surface area contributed by atoms with Gasteiger partial charge in [0, 0.05) is 17.0 Å². The van der Waals surface area contributed by atoms with Crippen molar-refractivity contribution in [1.29, 1.82) is 0 Å². The highest BCUT2D eigenvalue weighted by molar-refractivity contribution is 5.93. The van der Waals surface area contributed by atoms with Crippen LogP contribution in [0.5, 0.6) is 0 Å². The third-order valence-electron chi connectivity index (χ3n) is 7.62. The minimum Gasteiger partial charge on any atom is -0.456 e. The van der Waals surface area contributed by atoms with Gasteiger partial charge in [0.2, 0.25) is 5.43 Å². The summed E-state index contributed by atoms with van der Waals surface area (Å²) in [6.45, 7) is 1.03. The first-order chi connectivity index (χ1) is 17.2. The van der Waals surface area contributed by atoms with Crippen LogP contribution in [-0.2, 0) is 0 Å². The van der Waals surface area contributed by atoms with Gasteiger partial charge in [0.25, 0.3) is 0 Å². The number of nitrogens with one attached hydrogen (secondary N) is 3. The summed E-state index contributed by atoms with van der Waals surface area (Å²) in [5.41, 5.74) is 4.90. The molecule has 1 aliphatic carbocycles. The van der Waals surface area contributed by atoms with E-state index in [1.807, 2.05) is 48.8 Å². The van der Waals surface area contributed by atoms with Crippen LogP contribution in [0.25, 0.3) is 44.5 Å². The van der Waals surface area contributed by atoms with Crippen molar-refractivity contribution in [2.45, 2.75) is 50.5 Å². The molecule has 7 rings (SSSR count). The van der Waals surface area contributed by atoms with Crippen LogP contribution < -0.4 is 10.7 Å². The van der Waals surface area contributed by atoms with E-state index >= 15 is 0 Å². The number of benzene rings is 2. The molecule has 3 aromatic heterocycles. The smallest absolute Gasteiger partial charge is 0.200 e. The van der Waals surface area contributed by atoms with E-state index in [0.29, 0.717) is 27.9 Å². The first-order valence-electron chi connectivity index (χ1n) is 12.6. The van der Waals surface area contributed by atoms with E-state index in [4.69, 9.17) is 4.42 Å². The average Bonchev–Trinajstić information content (AvgIpc) is 3.70. The van der Waals surface area contributed by atoms with Gasteiger partial charge < -0.3 is 19.7 Å². The van der Waals surface area contributed by atoms with Crippen molar-refractivity contribution in [1.82, 2.24) is 25.3 Å². The summed E-state index contributed by atoms with van der Waals surface area (Å²) in [5, 5.41) is 4.62. The lowest BCUT2D eigenvalue weighted by Gasteiger charge is -2.07. The molecule has 2 aromatic carbocycles. The van der Waals surface area contributed by atoms with Crippen molar-refractivity contribution >= 4 is 21.9 Å². The first kappa shape index (κ1) is 20.6. The Morgan fingerprint density at radius 3 is 2.31 bits per heavy atom. The fraction of sp³-hybridized carbons (Fsp3) is 0.321. The fourth-order valence-corrected chi connectivity index (χ4v) is 5.66. The Kier molecular flexibility index (Phi) is 4.84. The second-order valence-electron chi connectivity index (χ2n) is 9.85. The van der Waals surface area contributed by atoms with Crippen LogP contribution in [0.15, 0.2) is 58.0 Å². The van der Waals surface area contributed by atoms with Gasteiger partial charge in [-0.2, -0.15) is 0 Å². The van der Waals surface area contributed by atoms with E-state index in [-0.39, 0.29) is 11.5 Å². The average molecular weight is 466 g/mol. The summed E-state index contributed by atoms with van der Waals surface area (Å²) < 4.78 is 6.20. The van der Waals surface area contributed by atoms with Crippen LogP contribution in [0.4, 0.5) is 0 Å². The normalized spacial score (nSPS) is 18.8. The lowest BCUT2D eigenvalue weighted by Crippen LogP contribution is -2.14. The van der Waals surface area contributed by atoms with Crippen molar-refractivity contribution in [2.24, 2.45) is 0 Å². The third kappa shape index (κ3) is 3.58. The molecule has 176 valence electrons. The Morgan fingerprint density at radius 1 is 0.771 bits per heavy atom. The number of aromatic nitrogens is 4. The number of imidazole rings is 2. The summed E-state index contributed by atoms with van der Waals surface area (Å²) in [7, 11) is 0. The standard InChI is InChI=1S/C28H27N5O2/c34-26-19-9-7-18(23-15-31-28(33-23)21-6-3-11-29-21)13-25(19)35-24-10-8-17(12-20(24)26)22-14-30-27(32-22)16-4-1-2-5-16/h7-10,12-16,21,29H,1-6,11H2,(H,30,32)(H,31,33)/t21-/m0/s1. The monoisotopic (exact) mass is 465 g/mol. The maximum atomic E-state index is 13.4. The SMILES string of the molecule is O=c1c2ccc(-c3cnc([C@@H]4CCCN4)[nH]3)cc2oc2ccc(-c3cnc(C4CCCC4)[nH]3)cc12. The van der Waals surface area contributed by atoms with Crippen LogP contribution >= 0.6 is 0 Å². The van der Waals surface area contributed by atoms with Gasteiger partial charge in [-0.1, -0.05) is 18.9 Å². The van der Waals surface area contributed by atoms with Crippen molar-refractivity contribution in [3.05, 3.63) is 70.7 Å².